The van der Waals surface area contributed by atoms with Gasteiger partial charge in [-0.2, -0.15) is 0 Å². The first-order valence-corrected chi connectivity index (χ1v) is 6.79. The average molecular weight is 238 g/mol. The second kappa shape index (κ2) is 5.52. The van der Waals surface area contributed by atoms with Gasteiger partial charge in [0.05, 0.1) is 6.54 Å². The van der Waals surface area contributed by atoms with Gasteiger partial charge < -0.3 is 10.2 Å². The third-order valence-corrected chi connectivity index (χ3v) is 3.78. The molecule has 0 radical (unpaired) electrons. The first-order valence-electron chi connectivity index (χ1n) is 6.79. The van der Waals surface area contributed by atoms with Crippen molar-refractivity contribution in [3.8, 4) is 0 Å². The van der Waals surface area contributed by atoms with Gasteiger partial charge in [-0.1, -0.05) is 6.92 Å². The molecule has 1 aliphatic heterocycles. The molecule has 1 aliphatic carbocycles. The van der Waals surface area contributed by atoms with Gasteiger partial charge in [-0.05, 0) is 38.5 Å². The van der Waals surface area contributed by atoms with Crippen LogP contribution in [0, 0.1) is 5.92 Å². The summed E-state index contributed by atoms with van der Waals surface area (Å²) in [5.74, 6) is 0.333. The van der Waals surface area contributed by atoms with Crippen molar-refractivity contribution in [3.63, 3.8) is 0 Å². The van der Waals surface area contributed by atoms with Gasteiger partial charge in [-0.25, -0.2) is 0 Å². The van der Waals surface area contributed by atoms with Gasteiger partial charge >= 0.3 is 0 Å². The number of hydrogen-bond donors (Lipinski definition) is 1. The van der Waals surface area contributed by atoms with E-state index in [4.69, 9.17) is 0 Å². The minimum Gasteiger partial charge on any atom is -0.347 e. The number of amides is 2. The molecule has 2 fully saturated rings. The first kappa shape index (κ1) is 12.4. The lowest BCUT2D eigenvalue weighted by molar-refractivity contribution is -0.136. The number of likely N-dealkylation sites (tertiary alicyclic amines) is 1. The second-order valence-electron chi connectivity index (χ2n) is 5.14. The van der Waals surface area contributed by atoms with Crippen molar-refractivity contribution in [3.05, 3.63) is 0 Å². The van der Waals surface area contributed by atoms with Crippen LogP contribution in [0.15, 0.2) is 0 Å². The summed E-state index contributed by atoms with van der Waals surface area (Å²) < 4.78 is 0. The highest BCUT2D eigenvalue weighted by atomic mass is 16.2. The summed E-state index contributed by atoms with van der Waals surface area (Å²) in [7, 11) is 0. The van der Waals surface area contributed by atoms with E-state index in [2.05, 4.69) is 12.2 Å². The smallest absolute Gasteiger partial charge is 0.242 e. The highest BCUT2D eigenvalue weighted by molar-refractivity contribution is 5.87. The molecule has 2 amide bonds. The predicted molar refractivity (Wildman–Crippen MR) is 65.4 cm³/mol. The fraction of sp³-hybridized carbons (Fsp3) is 0.846. The molecule has 4 heteroatoms. The van der Waals surface area contributed by atoms with E-state index in [-0.39, 0.29) is 24.3 Å². The number of piperidine rings is 1. The van der Waals surface area contributed by atoms with Crippen LogP contribution in [-0.4, -0.2) is 35.8 Å². The Morgan fingerprint density at radius 3 is 2.65 bits per heavy atom. The van der Waals surface area contributed by atoms with E-state index in [1.807, 2.05) is 4.90 Å². The van der Waals surface area contributed by atoms with Crippen LogP contribution in [0.2, 0.25) is 0 Å². The Balaban J connectivity index is 1.78. The quantitative estimate of drug-likeness (QED) is 0.802. The van der Waals surface area contributed by atoms with E-state index >= 15 is 0 Å². The molecule has 4 nitrogen and oxygen atoms in total. The summed E-state index contributed by atoms with van der Waals surface area (Å²) in [6.45, 7) is 3.17. The Morgan fingerprint density at radius 1 is 1.24 bits per heavy atom. The van der Waals surface area contributed by atoms with Crippen LogP contribution >= 0.6 is 0 Å². The largest absolute Gasteiger partial charge is 0.347 e. The molecular weight excluding hydrogens is 216 g/mol. The van der Waals surface area contributed by atoms with Gasteiger partial charge in [-0.15, -0.1) is 0 Å². The van der Waals surface area contributed by atoms with Crippen molar-refractivity contribution in [2.45, 2.75) is 51.5 Å². The molecule has 1 unspecified atom stereocenters. The minimum atomic E-state index is 0.0587. The third-order valence-electron chi connectivity index (χ3n) is 3.78. The van der Waals surface area contributed by atoms with E-state index in [9.17, 15) is 9.59 Å². The van der Waals surface area contributed by atoms with Crippen molar-refractivity contribution < 1.29 is 9.59 Å². The molecule has 0 bridgehead atoms. The Bertz CT molecular complexity index is 300. The van der Waals surface area contributed by atoms with Crippen molar-refractivity contribution in [2.24, 2.45) is 5.92 Å². The summed E-state index contributed by atoms with van der Waals surface area (Å²) in [6, 6.07) is 0.383. The lowest BCUT2D eigenvalue weighted by atomic mass is 10.00. The average Bonchev–Trinajstić information content (AvgIpc) is 3.19. The molecular formula is C13H22N2O2. The van der Waals surface area contributed by atoms with Crippen molar-refractivity contribution in [2.75, 3.05) is 13.1 Å². The van der Waals surface area contributed by atoms with Crippen LogP contribution in [-0.2, 0) is 9.59 Å². The number of nitrogens with one attached hydrogen (secondary N) is 1. The molecule has 1 saturated carbocycles. The van der Waals surface area contributed by atoms with E-state index in [1.54, 1.807) is 0 Å². The number of nitrogens with zero attached hydrogens (tertiary/aromatic N) is 1. The van der Waals surface area contributed by atoms with Crippen molar-refractivity contribution in [1.82, 2.24) is 10.2 Å². The minimum absolute atomic E-state index is 0.0587. The van der Waals surface area contributed by atoms with Crippen LogP contribution in [0.3, 0.4) is 0 Å². The summed E-state index contributed by atoms with van der Waals surface area (Å²) >= 11 is 0. The summed E-state index contributed by atoms with van der Waals surface area (Å²) in [5.41, 5.74) is 0. The first-order chi connectivity index (χ1) is 8.22. The van der Waals surface area contributed by atoms with Crippen LogP contribution in [0.1, 0.15) is 45.4 Å². The zero-order valence-corrected chi connectivity index (χ0v) is 10.6. The Labute approximate surface area is 103 Å². The van der Waals surface area contributed by atoms with Crippen molar-refractivity contribution >= 4 is 11.8 Å². The fourth-order valence-electron chi connectivity index (χ4n) is 2.51. The number of carbonyl (C=O) groups is 2. The molecule has 1 saturated heterocycles. The van der Waals surface area contributed by atoms with E-state index in [0.717, 1.165) is 38.6 Å². The SMILES string of the molecule is CCC1CCCCN1C(=O)CNC(=O)C1CC1. The number of rotatable bonds is 4. The molecule has 0 aromatic carbocycles. The van der Waals surface area contributed by atoms with Gasteiger partial charge in [0.15, 0.2) is 0 Å². The highest BCUT2D eigenvalue weighted by Crippen LogP contribution is 2.28. The van der Waals surface area contributed by atoms with Gasteiger partial charge in [-0.3, -0.25) is 9.59 Å². The van der Waals surface area contributed by atoms with Crippen LogP contribution in [0.5, 0.6) is 0 Å². The summed E-state index contributed by atoms with van der Waals surface area (Å²) in [5, 5.41) is 2.76. The second-order valence-corrected chi connectivity index (χ2v) is 5.14. The fourth-order valence-corrected chi connectivity index (χ4v) is 2.51. The maximum atomic E-state index is 12.0. The van der Waals surface area contributed by atoms with Crippen LogP contribution < -0.4 is 5.32 Å². The van der Waals surface area contributed by atoms with Crippen molar-refractivity contribution in [1.29, 1.82) is 0 Å². The molecule has 1 atom stereocenters. The molecule has 0 spiro atoms. The molecule has 1 heterocycles. The third kappa shape index (κ3) is 3.20. The molecule has 2 aliphatic rings. The molecule has 2 rings (SSSR count). The lowest BCUT2D eigenvalue weighted by Gasteiger charge is -2.35. The summed E-state index contributed by atoms with van der Waals surface area (Å²) in [4.78, 5) is 25.4. The normalized spacial score (nSPS) is 24.5. The maximum absolute atomic E-state index is 12.0. The number of hydrogen-bond acceptors (Lipinski definition) is 2. The standard InChI is InChI=1S/C13H22N2O2/c1-2-11-5-3-4-8-15(11)12(16)9-14-13(17)10-6-7-10/h10-11H,2-9H2,1H3,(H,14,17). The van der Waals surface area contributed by atoms with Crippen LogP contribution in [0.25, 0.3) is 0 Å². The molecule has 0 aromatic heterocycles. The Hall–Kier alpha value is -1.06. The summed E-state index contributed by atoms with van der Waals surface area (Å²) in [6.07, 6.45) is 6.42. The predicted octanol–water partition coefficient (Wildman–Crippen LogP) is 1.30. The lowest BCUT2D eigenvalue weighted by Crippen LogP contribution is -2.47. The number of carbonyl (C=O) groups excluding carboxylic acids is 2. The van der Waals surface area contributed by atoms with E-state index in [1.165, 1.54) is 6.42 Å². The monoisotopic (exact) mass is 238 g/mol. The highest BCUT2D eigenvalue weighted by Gasteiger charge is 2.31. The topological polar surface area (TPSA) is 49.4 Å². The van der Waals surface area contributed by atoms with Gasteiger partial charge in [0.2, 0.25) is 11.8 Å². The van der Waals surface area contributed by atoms with Gasteiger partial charge in [0.25, 0.3) is 0 Å². The Kier molecular flexibility index (Phi) is 4.02. The molecule has 1 N–H and O–H groups in total. The maximum Gasteiger partial charge on any atom is 0.242 e. The Morgan fingerprint density at radius 2 is 2.00 bits per heavy atom. The van der Waals surface area contributed by atoms with E-state index < -0.39 is 0 Å². The molecule has 96 valence electrons. The molecule has 17 heavy (non-hydrogen) atoms. The zero-order valence-electron chi connectivity index (χ0n) is 10.6. The van der Waals surface area contributed by atoms with E-state index in [0.29, 0.717) is 6.04 Å². The zero-order chi connectivity index (χ0) is 12.3. The van der Waals surface area contributed by atoms with Gasteiger partial charge in [0, 0.05) is 18.5 Å². The van der Waals surface area contributed by atoms with Gasteiger partial charge in [0.1, 0.15) is 0 Å². The van der Waals surface area contributed by atoms with Crippen LogP contribution in [0.4, 0.5) is 0 Å². The molecule has 0 aromatic rings.